The fraction of sp³-hybridized carbons (Fsp3) is 0.379. The van der Waals surface area contributed by atoms with E-state index >= 15 is 0 Å². The molecule has 2 aliphatic rings. The first kappa shape index (κ1) is 24.1. The molecule has 2 aliphatic carbocycles. The van der Waals surface area contributed by atoms with Crippen LogP contribution in [0, 0.1) is 25.2 Å². The lowest BCUT2D eigenvalue weighted by atomic mass is 9.50. The average molecular weight is 508 g/mol. The number of hydrogen-bond acceptors (Lipinski definition) is 4. The quantitative estimate of drug-likeness (QED) is 0.376. The number of thiophene rings is 1. The van der Waals surface area contributed by atoms with E-state index < -0.39 is 0 Å². The molecule has 0 aliphatic heterocycles. The maximum atomic E-state index is 13.3. The molecular formula is C29H30ClNO3S. The molecule has 35 heavy (non-hydrogen) atoms. The second-order valence-electron chi connectivity index (χ2n) is 10.2. The highest BCUT2D eigenvalue weighted by atomic mass is 35.5. The van der Waals surface area contributed by atoms with Gasteiger partial charge in [0.05, 0.1) is 18.6 Å². The lowest BCUT2D eigenvalue weighted by Gasteiger charge is -2.56. The molecule has 5 rings (SSSR count). The second kappa shape index (κ2) is 9.44. The molecule has 4 nitrogen and oxygen atoms in total. The smallest absolute Gasteiger partial charge is 0.308 e. The molecule has 1 spiro atoms. The molecule has 6 heteroatoms. The van der Waals surface area contributed by atoms with Crippen molar-refractivity contribution < 1.29 is 14.3 Å². The normalized spacial score (nSPS) is 22.9. The predicted octanol–water partition coefficient (Wildman–Crippen LogP) is 6.74. The summed E-state index contributed by atoms with van der Waals surface area (Å²) in [5, 5.41) is 4.00. The van der Waals surface area contributed by atoms with E-state index in [2.05, 4.69) is 36.5 Å². The number of halogens is 1. The van der Waals surface area contributed by atoms with E-state index in [-0.39, 0.29) is 29.3 Å². The predicted molar refractivity (Wildman–Crippen MR) is 141 cm³/mol. The largest absolute Gasteiger partial charge is 0.469 e. The monoisotopic (exact) mass is 507 g/mol. The van der Waals surface area contributed by atoms with Gasteiger partial charge in [-0.25, -0.2) is 0 Å². The van der Waals surface area contributed by atoms with Crippen LogP contribution in [0.4, 0.5) is 0 Å². The van der Waals surface area contributed by atoms with Crippen LogP contribution < -0.4 is 5.32 Å². The Morgan fingerprint density at radius 1 is 0.971 bits per heavy atom. The van der Waals surface area contributed by atoms with Crippen LogP contribution in [0.2, 0.25) is 5.02 Å². The van der Waals surface area contributed by atoms with Crippen LogP contribution in [-0.4, -0.2) is 25.0 Å². The Bertz CT molecular complexity index is 1250. The Morgan fingerprint density at radius 2 is 1.57 bits per heavy atom. The summed E-state index contributed by atoms with van der Waals surface area (Å²) in [6, 6.07) is 16.6. The fourth-order valence-electron chi connectivity index (χ4n) is 5.90. The van der Waals surface area contributed by atoms with Gasteiger partial charge in [-0.15, -0.1) is 11.3 Å². The molecule has 0 atom stereocenters. The zero-order chi connectivity index (χ0) is 24.7. The van der Waals surface area contributed by atoms with Crippen molar-refractivity contribution in [2.45, 2.75) is 52.0 Å². The number of benzene rings is 2. The number of carbonyl (C=O) groups is 2. The number of hydrogen-bond donors (Lipinski definition) is 1. The van der Waals surface area contributed by atoms with Crippen molar-refractivity contribution in [3.8, 4) is 11.1 Å². The summed E-state index contributed by atoms with van der Waals surface area (Å²) in [7, 11) is 1.45. The number of rotatable bonds is 6. The van der Waals surface area contributed by atoms with Gasteiger partial charge in [0.1, 0.15) is 0 Å². The molecule has 1 amide bonds. The van der Waals surface area contributed by atoms with Crippen LogP contribution in [0.25, 0.3) is 11.1 Å². The van der Waals surface area contributed by atoms with E-state index in [0.717, 1.165) is 64.3 Å². The molecule has 0 saturated heterocycles. The Kier molecular flexibility index (Phi) is 6.49. The molecular weight excluding hydrogens is 478 g/mol. The van der Waals surface area contributed by atoms with Crippen LogP contribution in [-0.2, 0) is 16.0 Å². The first-order chi connectivity index (χ1) is 16.8. The molecule has 2 saturated carbocycles. The van der Waals surface area contributed by atoms with Gasteiger partial charge in [0.2, 0.25) is 0 Å². The molecule has 1 heterocycles. The van der Waals surface area contributed by atoms with Gasteiger partial charge in [-0.1, -0.05) is 48.0 Å². The highest BCUT2D eigenvalue weighted by molar-refractivity contribution is 7.12. The number of ether oxygens (including phenoxy) is 1. The van der Waals surface area contributed by atoms with E-state index in [1.807, 2.05) is 31.2 Å². The van der Waals surface area contributed by atoms with Crippen LogP contribution >= 0.6 is 22.9 Å². The minimum absolute atomic E-state index is 0.0309. The summed E-state index contributed by atoms with van der Waals surface area (Å²) >= 11 is 7.71. The highest BCUT2D eigenvalue weighted by Crippen LogP contribution is 2.59. The molecule has 2 fully saturated rings. The molecule has 3 aromatic rings. The third-order valence-electron chi connectivity index (χ3n) is 7.71. The fourth-order valence-corrected chi connectivity index (χ4v) is 7.10. The molecule has 1 N–H and O–H groups in total. The van der Waals surface area contributed by atoms with Gasteiger partial charge in [-0.2, -0.15) is 0 Å². The first-order valence-corrected chi connectivity index (χ1v) is 13.3. The van der Waals surface area contributed by atoms with Gasteiger partial charge < -0.3 is 10.1 Å². The van der Waals surface area contributed by atoms with E-state index in [9.17, 15) is 9.59 Å². The topological polar surface area (TPSA) is 55.4 Å². The Hall–Kier alpha value is -2.63. The zero-order valence-corrected chi connectivity index (χ0v) is 21.9. The summed E-state index contributed by atoms with van der Waals surface area (Å²) in [5.74, 6) is -0.0299. The van der Waals surface area contributed by atoms with Gasteiger partial charge in [0.15, 0.2) is 0 Å². The van der Waals surface area contributed by atoms with E-state index in [4.69, 9.17) is 16.3 Å². The third kappa shape index (κ3) is 4.76. The van der Waals surface area contributed by atoms with Crippen LogP contribution in [0.3, 0.4) is 0 Å². The van der Waals surface area contributed by atoms with Gasteiger partial charge in [0, 0.05) is 20.8 Å². The van der Waals surface area contributed by atoms with Crippen molar-refractivity contribution in [3.63, 3.8) is 0 Å². The number of aryl methyl sites for hydroxylation is 2. The number of carbonyl (C=O) groups excluding carboxylic acids is 2. The van der Waals surface area contributed by atoms with Crippen molar-refractivity contribution in [3.05, 3.63) is 80.0 Å². The average Bonchev–Trinajstić information content (AvgIpc) is 3.07. The molecule has 182 valence electrons. The SMILES string of the molecule is COC(=O)C1CC2(CC(NC(=O)c3c(C)sc(C)c3Cc3ccc(-c4ccc(Cl)cc4)cc3)C2)C1. The Labute approximate surface area is 215 Å². The first-order valence-electron chi connectivity index (χ1n) is 12.1. The number of esters is 1. The summed E-state index contributed by atoms with van der Waals surface area (Å²) in [4.78, 5) is 27.3. The van der Waals surface area contributed by atoms with Crippen molar-refractivity contribution in [1.29, 1.82) is 0 Å². The van der Waals surface area contributed by atoms with Crippen molar-refractivity contribution >= 4 is 34.8 Å². The van der Waals surface area contributed by atoms with Crippen molar-refractivity contribution in [2.75, 3.05) is 7.11 Å². The molecule has 1 aromatic heterocycles. The Balaban J connectivity index is 1.24. The van der Waals surface area contributed by atoms with Crippen molar-refractivity contribution in [1.82, 2.24) is 5.32 Å². The minimum atomic E-state index is -0.0988. The van der Waals surface area contributed by atoms with Crippen LogP contribution in [0.5, 0.6) is 0 Å². The van der Waals surface area contributed by atoms with Crippen molar-refractivity contribution in [2.24, 2.45) is 11.3 Å². The summed E-state index contributed by atoms with van der Waals surface area (Å²) < 4.78 is 4.86. The maximum Gasteiger partial charge on any atom is 0.308 e. The third-order valence-corrected chi connectivity index (χ3v) is 9.03. The summed E-state index contributed by atoms with van der Waals surface area (Å²) in [5.41, 5.74) is 5.63. The summed E-state index contributed by atoms with van der Waals surface area (Å²) in [6.45, 7) is 4.14. The second-order valence-corrected chi connectivity index (χ2v) is 12.0. The minimum Gasteiger partial charge on any atom is -0.469 e. The molecule has 0 unspecified atom stereocenters. The standard InChI is InChI=1S/C29H30ClNO3S/c1-17-25(12-19-4-6-20(7-5-19)21-8-10-23(30)11-9-21)26(18(2)35-17)27(32)31-24-15-29(16-24)13-22(14-29)28(33)34-3/h4-11,22,24H,12-16H2,1-3H3,(H,31,32). The maximum absolute atomic E-state index is 13.3. The number of methoxy groups -OCH3 is 1. The lowest BCUT2D eigenvalue weighted by molar-refractivity contribution is -0.159. The number of nitrogens with one attached hydrogen (secondary N) is 1. The molecule has 0 radical (unpaired) electrons. The molecule has 2 aromatic carbocycles. The van der Waals surface area contributed by atoms with Crippen LogP contribution in [0.1, 0.15) is 56.9 Å². The number of amides is 1. The van der Waals surface area contributed by atoms with E-state index in [1.165, 1.54) is 17.6 Å². The Morgan fingerprint density at radius 3 is 2.17 bits per heavy atom. The zero-order valence-electron chi connectivity index (χ0n) is 20.3. The van der Waals surface area contributed by atoms with Gasteiger partial charge in [-0.05, 0) is 85.8 Å². The van der Waals surface area contributed by atoms with E-state index in [0.29, 0.717) is 0 Å². The van der Waals surface area contributed by atoms with Gasteiger partial charge in [0.25, 0.3) is 5.91 Å². The summed E-state index contributed by atoms with van der Waals surface area (Å²) in [6.07, 6.45) is 4.42. The van der Waals surface area contributed by atoms with Gasteiger partial charge in [-0.3, -0.25) is 9.59 Å². The lowest BCUT2D eigenvalue weighted by Crippen LogP contribution is -2.57. The van der Waals surface area contributed by atoms with Crippen LogP contribution in [0.15, 0.2) is 48.5 Å². The highest BCUT2D eigenvalue weighted by Gasteiger charge is 2.55. The van der Waals surface area contributed by atoms with Gasteiger partial charge >= 0.3 is 5.97 Å². The molecule has 0 bridgehead atoms. The van der Waals surface area contributed by atoms with E-state index in [1.54, 1.807) is 11.3 Å².